The number of nitrogens with one attached hydrogen (secondary N) is 1. The fourth-order valence-electron chi connectivity index (χ4n) is 0.943. The zero-order valence-corrected chi connectivity index (χ0v) is 11.8. The molecular formula is C9H16Cl2N2Pd. The summed E-state index contributed by atoms with van der Waals surface area (Å²) in [7, 11) is 9.63. The molecule has 1 aromatic heterocycles. The first-order chi connectivity index (χ1) is 6.52. The van der Waals surface area contributed by atoms with Crippen molar-refractivity contribution in [2.24, 2.45) is 0 Å². The van der Waals surface area contributed by atoms with Gasteiger partial charge in [-0.1, -0.05) is 27.7 Å². The Morgan fingerprint density at radius 2 is 1.71 bits per heavy atom. The molecule has 0 unspecified atom stereocenters. The van der Waals surface area contributed by atoms with E-state index in [9.17, 15) is 0 Å². The molecule has 1 heterocycles. The van der Waals surface area contributed by atoms with Crippen molar-refractivity contribution in [1.82, 2.24) is 9.97 Å². The van der Waals surface area contributed by atoms with Crippen LogP contribution in [0.2, 0.25) is 0 Å². The maximum absolute atomic E-state index is 4.81. The van der Waals surface area contributed by atoms with Crippen LogP contribution in [-0.2, 0) is 15.9 Å². The molecule has 1 N–H and O–H groups in total. The van der Waals surface area contributed by atoms with Gasteiger partial charge in [0, 0.05) is 12.1 Å². The molecule has 0 radical (unpaired) electrons. The van der Waals surface area contributed by atoms with Crippen molar-refractivity contribution >= 4 is 19.1 Å². The van der Waals surface area contributed by atoms with Crippen molar-refractivity contribution in [1.29, 1.82) is 0 Å². The third-order valence-corrected chi connectivity index (χ3v) is 1.76. The second-order valence-electron chi connectivity index (χ2n) is 3.57. The van der Waals surface area contributed by atoms with E-state index >= 15 is 0 Å². The van der Waals surface area contributed by atoms with Gasteiger partial charge in [-0.2, -0.15) is 0 Å². The Labute approximate surface area is 102 Å². The van der Waals surface area contributed by atoms with Crippen LogP contribution in [0.15, 0.2) is 6.20 Å². The van der Waals surface area contributed by atoms with Crippen LogP contribution >= 0.6 is 19.1 Å². The summed E-state index contributed by atoms with van der Waals surface area (Å²) in [5, 5.41) is 0. The normalized spacial score (nSPS) is 10.6. The van der Waals surface area contributed by atoms with Gasteiger partial charge in [-0.05, 0) is 5.92 Å². The standard InChI is InChI=1S/C9H16N2.2ClH.Pd/c1-6(2)8-5-10-9(11-8)7(3)4;;;/h5-7H,1-4H3,(H,10,11);2*1H;/q;;;+2/p-2. The molecule has 0 saturated heterocycles. The van der Waals surface area contributed by atoms with Crippen molar-refractivity contribution in [2.45, 2.75) is 39.5 Å². The first kappa shape index (κ1) is 14.5. The number of H-pyrrole nitrogens is 1. The van der Waals surface area contributed by atoms with Crippen LogP contribution in [0.4, 0.5) is 0 Å². The van der Waals surface area contributed by atoms with Crippen molar-refractivity contribution in [2.75, 3.05) is 0 Å². The van der Waals surface area contributed by atoms with Crippen LogP contribution in [0.5, 0.6) is 0 Å². The van der Waals surface area contributed by atoms with E-state index in [4.69, 9.17) is 19.1 Å². The molecule has 1 rings (SSSR count). The van der Waals surface area contributed by atoms with E-state index in [2.05, 4.69) is 37.7 Å². The van der Waals surface area contributed by atoms with Crippen molar-refractivity contribution in [3.05, 3.63) is 17.7 Å². The first-order valence-corrected chi connectivity index (χ1v) is 8.40. The fourth-order valence-corrected chi connectivity index (χ4v) is 0.943. The van der Waals surface area contributed by atoms with Gasteiger partial charge < -0.3 is 4.98 Å². The molecule has 0 fully saturated rings. The molecule has 0 aliphatic heterocycles. The summed E-state index contributed by atoms with van der Waals surface area (Å²) in [6, 6.07) is 0. The number of hydrogen-bond donors (Lipinski definition) is 1. The van der Waals surface area contributed by atoms with Crippen LogP contribution in [-0.4, -0.2) is 9.97 Å². The second kappa shape index (κ2) is 7.71. The predicted octanol–water partition coefficient (Wildman–Crippen LogP) is 4.03. The SMILES string of the molecule is CC(C)c1c[nH]c(C(C)C)n1.[Cl][Pd][Cl]. The van der Waals surface area contributed by atoms with Gasteiger partial charge in [-0.3, -0.25) is 0 Å². The molecule has 14 heavy (non-hydrogen) atoms. The van der Waals surface area contributed by atoms with Crippen molar-refractivity contribution < 1.29 is 15.9 Å². The number of aromatic amines is 1. The molecule has 0 amide bonds. The molecule has 0 bridgehead atoms. The summed E-state index contributed by atoms with van der Waals surface area (Å²) in [5.41, 5.74) is 1.16. The van der Waals surface area contributed by atoms with E-state index in [0.29, 0.717) is 11.8 Å². The molecular weight excluding hydrogens is 313 g/mol. The van der Waals surface area contributed by atoms with Gasteiger partial charge in [-0.15, -0.1) is 0 Å². The van der Waals surface area contributed by atoms with Crippen LogP contribution in [0.25, 0.3) is 0 Å². The Hall–Kier alpha value is 0.452. The van der Waals surface area contributed by atoms with E-state index < -0.39 is 0 Å². The summed E-state index contributed by atoms with van der Waals surface area (Å²) < 4.78 is 0. The fraction of sp³-hybridized carbons (Fsp3) is 0.667. The minimum absolute atomic E-state index is 0.106. The zero-order valence-electron chi connectivity index (χ0n) is 8.75. The Morgan fingerprint density at radius 3 is 1.93 bits per heavy atom. The quantitative estimate of drug-likeness (QED) is 0.815. The van der Waals surface area contributed by atoms with E-state index in [1.54, 1.807) is 0 Å². The molecule has 1 aromatic rings. The molecule has 2 nitrogen and oxygen atoms in total. The van der Waals surface area contributed by atoms with E-state index in [1.807, 2.05) is 6.20 Å². The number of rotatable bonds is 2. The van der Waals surface area contributed by atoms with Crippen molar-refractivity contribution in [3.8, 4) is 0 Å². The molecule has 0 aromatic carbocycles. The topological polar surface area (TPSA) is 28.7 Å². The Bertz CT molecular complexity index is 226. The van der Waals surface area contributed by atoms with Crippen LogP contribution in [0.3, 0.4) is 0 Å². The number of nitrogens with zero attached hydrogens (tertiary/aromatic N) is 1. The monoisotopic (exact) mass is 328 g/mol. The van der Waals surface area contributed by atoms with Gasteiger partial charge in [0.15, 0.2) is 0 Å². The Kier molecular flexibility index (Phi) is 7.96. The summed E-state index contributed by atoms with van der Waals surface area (Å²) in [6.07, 6.45) is 2.00. The van der Waals surface area contributed by atoms with Gasteiger partial charge in [0.1, 0.15) is 5.82 Å². The Morgan fingerprint density at radius 1 is 1.21 bits per heavy atom. The van der Waals surface area contributed by atoms with Crippen LogP contribution in [0.1, 0.15) is 51.0 Å². The van der Waals surface area contributed by atoms with Gasteiger partial charge in [0.25, 0.3) is 0 Å². The molecule has 0 atom stereocenters. The second-order valence-corrected chi connectivity index (χ2v) is 5.93. The molecule has 86 valence electrons. The van der Waals surface area contributed by atoms with Crippen LogP contribution in [0, 0.1) is 0 Å². The minimum atomic E-state index is -0.106. The van der Waals surface area contributed by atoms with Gasteiger partial charge in [-0.25, -0.2) is 4.98 Å². The number of hydrogen-bond acceptors (Lipinski definition) is 1. The summed E-state index contributed by atoms with van der Waals surface area (Å²) in [6.45, 7) is 8.59. The van der Waals surface area contributed by atoms with Gasteiger partial charge in [0.05, 0.1) is 5.69 Å². The van der Waals surface area contributed by atoms with Gasteiger partial charge in [0.2, 0.25) is 0 Å². The van der Waals surface area contributed by atoms with E-state index in [0.717, 1.165) is 11.5 Å². The zero-order chi connectivity index (χ0) is 11.1. The predicted molar refractivity (Wildman–Crippen MR) is 58.5 cm³/mol. The third-order valence-electron chi connectivity index (χ3n) is 1.76. The number of imidazole rings is 1. The first-order valence-electron chi connectivity index (χ1n) is 4.40. The van der Waals surface area contributed by atoms with Crippen molar-refractivity contribution in [3.63, 3.8) is 0 Å². The molecule has 0 spiro atoms. The summed E-state index contributed by atoms with van der Waals surface area (Å²) >= 11 is -0.106. The van der Waals surface area contributed by atoms with Crippen LogP contribution < -0.4 is 0 Å². The molecule has 0 saturated carbocycles. The third kappa shape index (κ3) is 5.36. The number of halogens is 2. The van der Waals surface area contributed by atoms with Gasteiger partial charge >= 0.3 is 35.0 Å². The average Bonchev–Trinajstić information content (AvgIpc) is 2.53. The average molecular weight is 330 g/mol. The molecule has 0 aliphatic rings. The number of aromatic nitrogens is 2. The molecule has 0 aliphatic carbocycles. The van der Waals surface area contributed by atoms with E-state index in [1.165, 1.54) is 0 Å². The summed E-state index contributed by atoms with van der Waals surface area (Å²) in [5.74, 6) is 2.12. The maximum atomic E-state index is 4.81. The Balaban J connectivity index is 0.000000500. The summed E-state index contributed by atoms with van der Waals surface area (Å²) in [4.78, 5) is 7.63. The van der Waals surface area contributed by atoms with E-state index in [-0.39, 0.29) is 15.9 Å². The molecule has 5 heteroatoms.